The molecule has 6 rings (SSSR count). The van der Waals surface area contributed by atoms with Crippen molar-refractivity contribution >= 4 is 11.4 Å². The molecule has 2 aliphatic heterocycles. The highest BCUT2D eigenvalue weighted by atomic mass is 16.5. The van der Waals surface area contributed by atoms with Crippen molar-refractivity contribution in [1.82, 2.24) is 0 Å². The first-order chi connectivity index (χ1) is 22.3. The van der Waals surface area contributed by atoms with Crippen LogP contribution in [0.5, 0.6) is 11.5 Å². The van der Waals surface area contributed by atoms with Crippen LogP contribution in [0.2, 0.25) is 0 Å². The summed E-state index contributed by atoms with van der Waals surface area (Å²) < 4.78 is 12.9. The largest absolute Gasteiger partial charge is 0.486 e. The molecule has 4 nitrogen and oxygen atoms in total. The van der Waals surface area contributed by atoms with Gasteiger partial charge in [-0.3, -0.25) is 0 Å². The Hall–Kier alpha value is -3.92. The summed E-state index contributed by atoms with van der Waals surface area (Å²) in [5.74, 6) is 3.55. The minimum Gasteiger partial charge on any atom is -0.486 e. The van der Waals surface area contributed by atoms with Gasteiger partial charge < -0.3 is 20.9 Å². The van der Waals surface area contributed by atoms with Gasteiger partial charge in [0.25, 0.3) is 0 Å². The van der Waals surface area contributed by atoms with Crippen molar-refractivity contribution in [2.24, 2.45) is 0 Å². The molecule has 4 heteroatoms. The fourth-order valence-electron chi connectivity index (χ4n) is 7.92. The van der Waals surface area contributed by atoms with Crippen LogP contribution < -0.4 is 20.9 Å². The maximum atomic E-state index is 6.43. The second kappa shape index (κ2) is 12.5. The summed E-state index contributed by atoms with van der Waals surface area (Å²) in [4.78, 5) is 0. The van der Waals surface area contributed by atoms with Crippen LogP contribution in [0.1, 0.15) is 146 Å². The molecule has 4 aromatic rings. The minimum absolute atomic E-state index is 0.204. The van der Waals surface area contributed by atoms with E-state index in [9.17, 15) is 0 Å². The van der Waals surface area contributed by atoms with Gasteiger partial charge in [-0.15, -0.1) is 0 Å². The first kappa shape index (κ1) is 35.4. The topological polar surface area (TPSA) is 70.5 Å². The van der Waals surface area contributed by atoms with Gasteiger partial charge in [-0.1, -0.05) is 76.2 Å². The second-order valence-corrected chi connectivity index (χ2v) is 16.0. The van der Waals surface area contributed by atoms with Crippen molar-refractivity contribution in [3.63, 3.8) is 0 Å². The summed E-state index contributed by atoms with van der Waals surface area (Å²) in [7, 11) is 0. The van der Waals surface area contributed by atoms with Crippen LogP contribution in [-0.2, 0) is 0 Å². The van der Waals surface area contributed by atoms with Gasteiger partial charge in [0.15, 0.2) is 0 Å². The fraction of sp³-hybridized carbons (Fsp3) is 0.455. The molecule has 0 radical (unpaired) electrons. The van der Waals surface area contributed by atoms with Crippen LogP contribution in [0.25, 0.3) is 0 Å². The second-order valence-electron chi connectivity index (χ2n) is 16.0. The van der Waals surface area contributed by atoms with E-state index in [2.05, 4.69) is 145 Å². The third kappa shape index (κ3) is 5.86. The maximum absolute atomic E-state index is 6.43. The van der Waals surface area contributed by atoms with E-state index in [1.165, 1.54) is 44.5 Å². The number of hydrogen-bond donors (Lipinski definition) is 2. The summed E-state index contributed by atoms with van der Waals surface area (Å²) in [6, 6.07) is 18.0. The molecule has 0 fully saturated rings. The first-order valence-electron chi connectivity index (χ1n) is 17.7. The van der Waals surface area contributed by atoms with Gasteiger partial charge >= 0.3 is 0 Å². The molecule has 0 aromatic heterocycles. The highest BCUT2D eigenvalue weighted by molar-refractivity contribution is 5.70. The number of benzene rings is 4. The number of nitrogens with two attached hydrogens (primary N) is 2. The Morgan fingerprint density at radius 2 is 0.771 bits per heavy atom. The van der Waals surface area contributed by atoms with Gasteiger partial charge in [0.2, 0.25) is 0 Å². The highest BCUT2D eigenvalue weighted by Crippen LogP contribution is 2.54. The number of nitrogen functional groups attached to an aromatic ring is 2. The van der Waals surface area contributed by atoms with Gasteiger partial charge in [0.05, 0.1) is 11.8 Å². The summed E-state index contributed by atoms with van der Waals surface area (Å²) in [6.07, 6.45) is 0. The lowest BCUT2D eigenvalue weighted by molar-refractivity contribution is 0.121. The monoisotopic (exact) mass is 646 g/mol. The van der Waals surface area contributed by atoms with Crippen LogP contribution in [-0.4, -0.2) is 11.2 Å². The number of ether oxygens (including phenoxy) is 2. The summed E-state index contributed by atoms with van der Waals surface area (Å²) >= 11 is 0. The molecule has 2 unspecified atom stereocenters. The third-order valence-electron chi connectivity index (χ3n) is 11.3. The van der Waals surface area contributed by atoms with Crippen molar-refractivity contribution in [3.05, 3.63) is 115 Å². The van der Waals surface area contributed by atoms with Crippen LogP contribution in [0.4, 0.5) is 11.4 Å². The fourth-order valence-corrected chi connectivity index (χ4v) is 7.92. The predicted molar refractivity (Wildman–Crippen MR) is 204 cm³/mol. The molecule has 0 saturated carbocycles. The highest BCUT2D eigenvalue weighted by Gasteiger charge is 2.46. The lowest BCUT2D eigenvalue weighted by Gasteiger charge is -2.27. The van der Waals surface area contributed by atoms with Crippen LogP contribution >= 0.6 is 0 Å². The lowest BCUT2D eigenvalue weighted by Crippen LogP contribution is -2.31. The Morgan fingerprint density at radius 3 is 1.04 bits per heavy atom. The van der Waals surface area contributed by atoms with Crippen LogP contribution in [0.3, 0.4) is 0 Å². The van der Waals surface area contributed by atoms with E-state index >= 15 is 0 Å². The molecule has 0 amide bonds. The van der Waals surface area contributed by atoms with E-state index in [0.29, 0.717) is 11.8 Å². The molecule has 0 spiro atoms. The zero-order valence-electron chi connectivity index (χ0n) is 31.9. The molecule has 0 saturated heterocycles. The molecule has 4 aromatic carbocycles. The number of hydrogen-bond acceptors (Lipinski definition) is 4. The zero-order valence-corrected chi connectivity index (χ0v) is 31.9. The van der Waals surface area contributed by atoms with Gasteiger partial charge in [0, 0.05) is 22.5 Å². The Labute approximate surface area is 290 Å². The smallest absolute Gasteiger partial charge is 0.127 e. The molecular weight excluding hydrogens is 588 g/mol. The van der Waals surface area contributed by atoms with E-state index < -0.39 is 0 Å². The van der Waals surface area contributed by atoms with Gasteiger partial charge in [-0.05, 0) is 137 Å². The van der Waals surface area contributed by atoms with Crippen molar-refractivity contribution in [2.45, 2.75) is 132 Å². The van der Waals surface area contributed by atoms with E-state index in [-0.39, 0.29) is 23.0 Å². The van der Waals surface area contributed by atoms with Crippen LogP contribution in [0.15, 0.2) is 48.5 Å². The van der Waals surface area contributed by atoms with Crippen molar-refractivity contribution < 1.29 is 9.47 Å². The Balaban J connectivity index is 0.000000188. The van der Waals surface area contributed by atoms with E-state index in [0.717, 1.165) is 45.1 Å². The first-order valence-corrected chi connectivity index (χ1v) is 17.7. The van der Waals surface area contributed by atoms with Gasteiger partial charge in [-0.25, -0.2) is 0 Å². The Bertz CT molecular complexity index is 1710. The average Bonchev–Trinajstić information content (AvgIpc) is 3.50. The maximum Gasteiger partial charge on any atom is 0.127 e. The lowest BCUT2D eigenvalue weighted by atomic mass is 9.78. The number of fused-ring (bicyclic) bond motifs is 2. The van der Waals surface area contributed by atoms with Gasteiger partial charge in [-0.2, -0.15) is 0 Å². The quantitative estimate of drug-likeness (QED) is 0.216. The predicted octanol–water partition coefficient (Wildman–Crippen LogP) is 11.2. The van der Waals surface area contributed by atoms with Crippen LogP contribution in [0, 0.1) is 41.5 Å². The van der Waals surface area contributed by atoms with E-state index in [1.807, 2.05) is 0 Å². The third-order valence-corrected chi connectivity index (χ3v) is 11.3. The summed E-state index contributed by atoms with van der Waals surface area (Å²) in [6.45, 7) is 30.3. The molecule has 0 aliphatic carbocycles. The molecule has 256 valence electrons. The molecule has 2 atom stereocenters. The van der Waals surface area contributed by atoms with E-state index in [1.54, 1.807) is 0 Å². The standard InChI is InChI=1S/2C22H29NO/c2*1-12(2)16-8-10-17(11-9-16)19-18-15(5)20(23)13(3)14(4)21(18)24-22(19,6)7/h2*8-12,19H,23H2,1-7H3. The van der Waals surface area contributed by atoms with Crippen molar-refractivity contribution in [2.75, 3.05) is 11.5 Å². The molecule has 2 aliphatic rings. The summed E-state index contributed by atoms with van der Waals surface area (Å²) in [5.41, 5.74) is 28.8. The SMILES string of the molecule is Cc1c(C)c2c(c(C)c1N)C(c1ccc(C(C)C)cc1)C(C)(C)O2.Cc1c(C)c2c(c(C)c1N)C(c1ccc(C(C)C)cc1)C(C)(C)O2. The molecule has 48 heavy (non-hydrogen) atoms. The number of anilines is 2. The summed E-state index contributed by atoms with van der Waals surface area (Å²) in [5, 5.41) is 0. The zero-order chi connectivity index (χ0) is 35.6. The normalized spacial score (nSPS) is 18.6. The molecular formula is C44H58N2O2. The van der Waals surface area contributed by atoms with Gasteiger partial charge in [0.1, 0.15) is 22.7 Å². The van der Waals surface area contributed by atoms with Crippen molar-refractivity contribution in [1.29, 1.82) is 0 Å². The minimum atomic E-state index is -0.280. The molecule has 0 bridgehead atoms. The Morgan fingerprint density at radius 1 is 0.479 bits per heavy atom. The van der Waals surface area contributed by atoms with Crippen molar-refractivity contribution in [3.8, 4) is 11.5 Å². The molecule has 4 N–H and O–H groups in total. The average molecular weight is 647 g/mol. The Kier molecular flexibility index (Phi) is 9.23. The molecule has 2 heterocycles. The number of rotatable bonds is 4. The van der Waals surface area contributed by atoms with E-state index in [4.69, 9.17) is 20.9 Å².